The third kappa shape index (κ3) is 4.52. The van der Waals surface area contributed by atoms with E-state index < -0.39 is 5.97 Å². The molecule has 0 heterocycles. The summed E-state index contributed by atoms with van der Waals surface area (Å²) in [6.45, 7) is 1.85. The summed E-state index contributed by atoms with van der Waals surface area (Å²) in [5.41, 5.74) is 0. The minimum atomic E-state index is -0.905. The van der Waals surface area contributed by atoms with Crippen molar-refractivity contribution in [1.29, 1.82) is 0 Å². The van der Waals surface area contributed by atoms with Gasteiger partial charge in [-0.15, -0.1) is 0 Å². The molecule has 6 nitrogen and oxygen atoms in total. The van der Waals surface area contributed by atoms with Gasteiger partial charge in [0.2, 0.25) is 0 Å². The van der Waals surface area contributed by atoms with Crippen molar-refractivity contribution in [3.8, 4) is 0 Å². The van der Waals surface area contributed by atoms with Gasteiger partial charge in [0.15, 0.2) is 0 Å². The second-order valence-corrected chi connectivity index (χ2v) is 4.63. The SMILES string of the molecule is CCC(CC(=O)O)NC(=O)NC1CCCC1OC. The molecule has 3 N–H and O–H groups in total. The average molecular weight is 258 g/mol. The van der Waals surface area contributed by atoms with Gasteiger partial charge in [-0.2, -0.15) is 0 Å². The maximum absolute atomic E-state index is 11.7. The van der Waals surface area contributed by atoms with Gasteiger partial charge in [-0.05, 0) is 25.7 Å². The van der Waals surface area contributed by atoms with E-state index in [1.54, 1.807) is 7.11 Å². The number of methoxy groups -OCH3 is 1. The zero-order chi connectivity index (χ0) is 13.5. The quantitative estimate of drug-likeness (QED) is 0.666. The summed E-state index contributed by atoms with van der Waals surface area (Å²) in [4.78, 5) is 22.3. The maximum atomic E-state index is 11.7. The minimum absolute atomic E-state index is 0.0253. The fourth-order valence-corrected chi connectivity index (χ4v) is 2.28. The molecule has 1 aliphatic rings. The van der Waals surface area contributed by atoms with E-state index in [0.29, 0.717) is 6.42 Å². The summed E-state index contributed by atoms with van der Waals surface area (Å²) in [5, 5.41) is 14.2. The van der Waals surface area contributed by atoms with Gasteiger partial charge in [-0.3, -0.25) is 4.79 Å². The Balaban J connectivity index is 2.37. The summed E-state index contributed by atoms with van der Waals surface area (Å²) in [5.74, 6) is -0.905. The highest BCUT2D eigenvalue weighted by Gasteiger charge is 2.28. The van der Waals surface area contributed by atoms with Crippen LogP contribution in [0.2, 0.25) is 0 Å². The van der Waals surface area contributed by atoms with Gasteiger partial charge in [0.25, 0.3) is 0 Å². The summed E-state index contributed by atoms with van der Waals surface area (Å²) in [7, 11) is 1.64. The number of carboxylic acid groups (broad SMARTS) is 1. The molecule has 0 saturated heterocycles. The van der Waals surface area contributed by atoms with E-state index in [1.165, 1.54) is 0 Å². The van der Waals surface area contributed by atoms with Crippen LogP contribution in [0.4, 0.5) is 4.79 Å². The monoisotopic (exact) mass is 258 g/mol. The molecule has 1 aliphatic carbocycles. The highest BCUT2D eigenvalue weighted by molar-refractivity contribution is 5.76. The lowest BCUT2D eigenvalue weighted by Crippen LogP contribution is -2.49. The largest absolute Gasteiger partial charge is 0.481 e. The molecule has 2 amide bonds. The number of ether oxygens (including phenoxy) is 1. The molecule has 1 fully saturated rings. The molecule has 0 aliphatic heterocycles. The number of carbonyl (C=O) groups is 2. The molecule has 0 aromatic rings. The fraction of sp³-hybridized carbons (Fsp3) is 0.833. The molecule has 6 heteroatoms. The lowest BCUT2D eigenvalue weighted by molar-refractivity contribution is -0.137. The van der Waals surface area contributed by atoms with Crippen LogP contribution in [0.25, 0.3) is 0 Å². The van der Waals surface area contributed by atoms with E-state index in [2.05, 4.69) is 10.6 Å². The van der Waals surface area contributed by atoms with Crippen LogP contribution in [0.1, 0.15) is 39.0 Å². The molecule has 0 radical (unpaired) electrons. The second-order valence-electron chi connectivity index (χ2n) is 4.63. The van der Waals surface area contributed by atoms with E-state index >= 15 is 0 Å². The summed E-state index contributed by atoms with van der Waals surface area (Å²) in [6.07, 6.45) is 3.50. The zero-order valence-electron chi connectivity index (χ0n) is 10.9. The summed E-state index contributed by atoms with van der Waals surface area (Å²) in [6, 6.07) is -0.612. The normalized spacial score (nSPS) is 24.6. The highest BCUT2D eigenvalue weighted by Crippen LogP contribution is 2.21. The molecular weight excluding hydrogens is 236 g/mol. The van der Waals surface area contributed by atoms with E-state index in [1.807, 2.05) is 6.92 Å². The predicted octanol–water partition coefficient (Wildman–Crippen LogP) is 1.11. The zero-order valence-corrected chi connectivity index (χ0v) is 10.9. The standard InChI is InChI=1S/C12H22N2O4/c1-3-8(7-11(15)16)13-12(17)14-9-5-4-6-10(9)18-2/h8-10H,3-7H2,1-2H3,(H,15,16)(H2,13,14,17). The Morgan fingerprint density at radius 1 is 1.44 bits per heavy atom. The Morgan fingerprint density at radius 2 is 2.17 bits per heavy atom. The molecule has 1 saturated carbocycles. The molecule has 0 aromatic carbocycles. The lowest BCUT2D eigenvalue weighted by Gasteiger charge is -2.22. The number of carbonyl (C=O) groups excluding carboxylic acids is 1. The van der Waals surface area contributed by atoms with Crippen molar-refractivity contribution in [3.05, 3.63) is 0 Å². The third-order valence-corrected chi connectivity index (χ3v) is 3.32. The predicted molar refractivity (Wildman–Crippen MR) is 66.4 cm³/mol. The van der Waals surface area contributed by atoms with Crippen LogP contribution < -0.4 is 10.6 Å². The first kappa shape index (κ1) is 14.8. The van der Waals surface area contributed by atoms with Gasteiger partial charge >= 0.3 is 12.0 Å². The highest BCUT2D eigenvalue weighted by atomic mass is 16.5. The summed E-state index contributed by atoms with van der Waals surface area (Å²) >= 11 is 0. The Labute approximate surface area is 107 Å². The van der Waals surface area contributed by atoms with Crippen LogP contribution in [-0.2, 0) is 9.53 Å². The van der Waals surface area contributed by atoms with Gasteiger partial charge < -0.3 is 20.5 Å². The molecule has 3 unspecified atom stereocenters. The van der Waals surface area contributed by atoms with Crippen LogP contribution in [0.5, 0.6) is 0 Å². The van der Waals surface area contributed by atoms with Crippen molar-refractivity contribution in [2.24, 2.45) is 0 Å². The molecule has 0 bridgehead atoms. The number of hydrogen-bond acceptors (Lipinski definition) is 3. The Morgan fingerprint density at radius 3 is 2.72 bits per heavy atom. The number of urea groups is 1. The van der Waals surface area contributed by atoms with Crippen molar-refractivity contribution in [2.45, 2.75) is 57.2 Å². The van der Waals surface area contributed by atoms with E-state index in [-0.39, 0.29) is 30.6 Å². The smallest absolute Gasteiger partial charge is 0.315 e. The van der Waals surface area contributed by atoms with Crippen LogP contribution >= 0.6 is 0 Å². The minimum Gasteiger partial charge on any atom is -0.481 e. The summed E-state index contributed by atoms with van der Waals surface area (Å²) < 4.78 is 5.28. The van der Waals surface area contributed by atoms with Crippen LogP contribution in [0.15, 0.2) is 0 Å². The first-order valence-corrected chi connectivity index (χ1v) is 6.38. The van der Waals surface area contributed by atoms with Crippen LogP contribution in [0, 0.1) is 0 Å². The average Bonchev–Trinajstić information content (AvgIpc) is 2.74. The Bertz CT molecular complexity index is 296. The molecule has 3 atom stereocenters. The molecule has 0 spiro atoms. The van der Waals surface area contributed by atoms with Gasteiger partial charge in [0, 0.05) is 13.2 Å². The van der Waals surface area contributed by atoms with Crippen LogP contribution in [0.3, 0.4) is 0 Å². The third-order valence-electron chi connectivity index (χ3n) is 3.32. The van der Waals surface area contributed by atoms with Gasteiger partial charge in [-0.25, -0.2) is 4.79 Å². The van der Waals surface area contributed by atoms with Crippen molar-refractivity contribution in [3.63, 3.8) is 0 Å². The first-order chi connectivity index (χ1) is 8.56. The van der Waals surface area contributed by atoms with Gasteiger partial charge in [0.05, 0.1) is 18.6 Å². The maximum Gasteiger partial charge on any atom is 0.315 e. The number of aliphatic carboxylic acids is 1. The number of nitrogens with one attached hydrogen (secondary N) is 2. The molecule has 104 valence electrons. The topological polar surface area (TPSA) is 87.7 Å². The number of amides is 2. The van der Waals surface area contributed by atoms with Gasteiger partial charge in [-0.1, -0.05) is 6.92 Å². The first-order valence-electron chi connectivity index (χ1n) is 6.38. The number of rotatable bonds is 6. The van der Waals surface area contributed by atoms with Crippen molar-refractivity contribution in [1.82, 2.24) is 10.6 Å². The lowest BCUT2D eigenvalue weighted by atomic mass is 10.1. The number of hydrogen-bond donors (Lipinski definition) is 3. The Hall–Kier alpha value is -1.30. The van der Waals surface area contributed by atoms with Crippen LogP contribution in [-0.4, -0.2) is 42.4 Å². The molecule has 0 aromatic heterocycles. The Kier molecular flexibility index (Phi) is 5.91. The van der Waals surface area contributed by atoms with E-state index in [9.17, 15) is 9.59 Å². The molecule has 18 heavy (non-hydrogen) atoms. The molecular formula is C12H22N2O4. The van der Waals surface area contributed by atoms with Crippen molar-refractivity contribution in [2.75, 3.05) is 7.11 Å². The van der Waals surface area contributed by atoms with E-state index in [4.69, 9.17) is 9.84 Å². The number of carboxylic acids is 1. The van der Waals surface area contributed by atoms with Crippen molar-refractivity contribution < 1.29 is 19.4 Å². The van der Waals surface area contributed by atoms with Gasteiger partial charge in [0.1, 0.15) is 0 Å². The second kappa shape index (κ2) is 7.20. The van der Waals surface area contributed by atoms with E-state index in [0.717, 1.165) is 19.3 Å². The fourth-order valence-electron chi connectivity index (χ4n) is 2.28. The molecule has 1 rings (SSSR count). The van der Waals surface area contributed by atoms with Crippen molar-refractivity contribution >= 4 is 12.0 Å².